The van der Waals surface area contributed by atoms with Gasteiger partial charge in [-0.25, -0.2) is 4.39 Å². The van der Waals surface area contributed by atoms with Gasteiger partial charge in [0.05, 0.1) is 6.61 Å². The number of benzene rings is 1. The predicted molar refractivity (Wildman–Crippen MR) is 56.9 cm³/mol. The normalized spacial score (nSPS) is 22.1. The maximum Gasteiger partial charge on any atom is 0.123 e. The third-order valence-electron chi connectivity index (χ3n) is 3.01. The Morgan fingerprint density at radius 1 is 1.33 bits per heavy atom. The van der Waals surface area contributed by atoms with Crippen LogP contribution in [0.3, 0.4) is 0 Å². The van der Waals surface area contributed by atoms with E-state index >= 15 is 0 Å². The summed E-state index contributed by atoms with van der Waals surface area (Å²) in [6, 6.07) is 6.87. The van der Waals surface area contributed by atoms with E-state index in [0.29, 0.717) is 0 Å². The molecule has 0 bridgehead atoms. The van der Waals surface area contributed by atoms with E-state index in [1.165, 1.54) is 12.1 Å². The monoisotopic (exact) mass is 209 g/mol. The molecule has 0 aliphatic carbocycles. The van der Waals surface area contributed by atoms with Crippen molar-refractivity contribution >= 4 is 0 Å². The summed E-state index contributed by atoms with van der Waals surface area (Å²) < 4.78 is 12.7. The minimum absolute atomic E-state index is 0.195. The van der Waals surface area contributed by atoms with Crippen LogP contribution in [0.1, 0.15) is 18.4 Å². The van der Waals surface area contributed by atoms with Crippen molar-refractivity contribution in [3.8, 4) is 0 Å². The zero-order valence-electron chi connectivity index (χ0n) is 8.69. The van der Waals surface area contributed by atoms with Gasteiger partial charge < -0.3 is 5.11 Å². The molecule has 0 spiro atoms. The molecule has 1 fully saturated rings. The Labute approximate surface area is 89.3 Å². The van der Waals surface area contributed by atoms with Crippen LogP contribution in [0, 0.1) is 5.82 Å². The van der Waals surface area contributed by atoms with Crippen LogP contribution < -0.4 is 0 Å². The van der Waals surface area contributed by atoms with Crippen LogP contribution in [0.5, 0.6) is 0 Å². The Morgan fingerprint density at radius 2 is 2.07 bits per heavy atom. The molecule has 1 aliphatic rings. The third kappa shape index (κ3) is 2.55. The Kier molecular flexibility index (Phi) is 3.34. The molecule has 0 aromatic heterocycles. The topological polar surface area (TPSA) is 23.5 Å². The van der Waals surface area contributed by atoms with E-state index in [1.54, 1.807) is 0 Å². The van der Waals surface area contributed by atoms with Crippen LogP contribution in [0.15, 0.2) is 24.3 Å². The lowest BCUT2D eigenvalue weighted by Crippen LogP contribution is -2.31. The van der Waals surface area contributed by atoms with Crippen molar-refractivity contribution < 1.29 is 9.50 Å². The van der Waals surface area contributed by atoms with Crippen molar-refractivity contribution in [1.29, 1.82) is 0 Å². The first-order valence-electron chi connectivity index (χ1n) is 5.39. The summed E-state index contributed by atoms with van der Waals surface area (Å²) in [5.74, 6) is -0.195. The number of hydrogen-bond acceptors (Lipinski definition) is 2. The summed E-state index contributed by atoms with van der Waals surface area (Å²) in [4.78, 5) is 2.26. The van der Waals surface area contributed by atoms with E-state index in [1.807, 2.05) is 12.1 Å². The average Bonchev–Trinajstić information content (AvgIpc) is 2.69. The second-order valence-electron chi connectivity index (χ2n) is 4.08. The standard InChI is InChI=1S/C12H16FNO/c13-11-5-3-10(4-6-11)8-14-7-1-2-12(14)9-15/h3-6,12,15H,1-2,7-9H2/t12-/m0/s1. The molecule has 1 atom stereocenters. The van der Waals surface area contributed by atoms with Crippen molar-refractivity contribution in [1.82, 2.24) is 4.90 Å². The van der Waals surface area contributed by atoms with Gasteiger partial charge in [-0.3, -0.25) is 4.90 Å². The van der Waals surface area contributed by atoms with E-state index in [4.69, 9.17) is 5.11 Å². The molecule has 0 unspecified atom stereocenters. The maximum atomic E-state index is 12.7. The molecule has 15 heavy (non-hydrogen) atoms. The zero-order valence-corrected chi connectivity index (χ0v) is 8.69. The van der Waals surface area contributed by atoms with Crippen LogP contribution in [0.4, 0.5) is 4.39 Å². The molecule has 2 nitrogen and oxygen atoms in total. The number of halogens is 1. The van der Waals surface area contributed by atoms with Gasteiger partial charge >= 0.3 is 0 Å². The van der Waals surface area contributed by atoms with Gasteiger partial charge in [0, 0.05) is 12.6 Å². The number of rotatable bonds is 3. The molecule has 3 heteroatoms. The van der Waals surface area contributed by atoms with E-state index in [2.05, 4.69) is 4.90 Å². The largest absolute Gasteiger partial charge is 0.395 e. The van der Waals surface area contributed by atoms with E-state index in [9.17, 15) is 4.39 Å². The van der Waals surface area contributed by atoms with Crippen molar-refractivity contribution in [2.75, 3.05) is 13.2 Å². The molecule has 1 N–H and O–H groups in total. The number of hydrogen-bond donors (Lipinski definition) is 1. The molecular weight excluding hydrogens is 193 g/mol. The predicted octanol–water partition coefficient (Wildman–Crippen LogP) is 1.78. The van der Waals surface area contributed by atoms with Gasteiger partial charge in [0.1, 0.15) is 5.82 Å². The Balaban J connectivity index is 1.99. The SMILES string of the molecule is OC[C@@H]1CCCN1Cc1ccc(F)cc1. The van der Waals surface area contributed by atoms with Crippen molar-refractivity contribution in [3.63, 3.8) is 0 Å². The first kappa shape index (κ1) is 10.6. The second-order valence-corrected chi connectivity index (χ2v) is 4.08. The van der Waals surface area contributed by atoms with Crippen LogP contribution in [-0.2, 0) is 6.54 Å². The molecule has 1 aromatic carbocycles. The lowest BCUT2D eigenvalue weighted by atomic mass is 10.2. The fraction of sp³-hybridized carbons (Fsp3) is 0.500. The van der Waals surface area contributed by atoms with Crippen LogP contribution in [0.2, 0.25) is 0 Å². The Bertz CT molecular complexity index is 312. The lowest BCUT2D eigenvalue weighted by Gasteiger charge is -2.22. The fourth-order valence-corrected chi connectivity index (χ4v) is 2.13. The van der Waals surface area contributed by atoms with E-state index in [-0.39, 0.29) is 18.5 Å². The van der Waals surface area contributed by atoms with Gasteiger partial charge in [-0.2, -0.15) is 0 Å². The highest BCUT2D eigenvalue weighted by molar-refractivity contribution is 5.16. The van der Waals surface area contributed by atoms with Gasteiger partial charge in [0.15, 0.2) is 0 Å². The van der Waals surface area contributed by atoms with Crippen molar-refractivity contribution in [2.45, 2.75) is 25.4 Å². The fourth-order valence-electron chi connectivity index (χ4n) is 2.13. The molecule has 1 saturated heterocycles. The van der Waals surface area contributed by atoms with Gasteiger partial charge in [0.2, 0.25) is 0 Å². The van der Waals surface area contributed by atoms with Gasteiger partial charge in [-0.05, 0) is 37.1 Å². The summed E-state index contributed by atoms with van der Waals surface area (Å²) in [6.45, 7) is 2.06. The minimum Gasteiger partial charge on any atom is -0.395 e. The van der Waals surface area contributed by atoms with Crippen LogP contribution >= 0.6 is 0 Å². The van der Waals surface area contributed by atoms with E-state index in [0.717, 1.165) is 31.5 Å². The van der Waals surface area contributed by atoms with E-state index < -0.39 is 0 Å². The van der Waals surface area contributed by atoms with Crippen LogP contribution in [0.25, 0.3) is 0 Å². The molecular formula is C12H16FNO. The second kappa shape index (κ2) is 4.73. The molecule has 0 radical (unpaired) electrons. The van der Waals surface area contributed by atoms with Gasteiger partial charge in [0.25, 0.3) is 0 Å². The van der Waals surface area contributed by atoms with Gasteiger partial charge in [-0.1, -0.05) is 12.1 Å². The molecule has 0 amide bonds. The Hall–Kier alpha value is -0.930. The van der Waals surface area contributed by atoms with Gasteiger partial charge in [-0.15, -0.1) is 0 Å². The summed E-state index contributed by atoms with van der Waals surface area (Å²) in [5, 5.41) is 9.16. The minimum atomic E-state index is -0.195. The maximum absolute atomic E-state index is 12.7. The quantitative estimate of drug-likeness (QED) is 0.820. The summed E-state index contributed by atoms with van der Waals surface area (Å²) in [6.07, 6.45) is 2.21. The molecule has 2 rings (SSSR count). The highest BCUT2D eigenvalue weighted by atomic mass is 19.1. The average molecular weight is 209 g/mol. The van der Waals surface area contributed by atoms with Crippen molar-refractivity contribution in [2.24, 2.45) is 0 Å². The lowest BCUT2D eigenvalue weighted by molar-refractivity contribution is 0.153. The number of aliphatic hydroxyl groups is 1. The molecule has 82 valence electrons. The van der Waals surface area contributed by atoms with Crippen LogP contribution in [-0.4, -0.2) is 29.2 Å². The molecule has 1 heterocycles. The Morgan fingerprint density at radius 3 is 2.73 bits per heavy atom. The highest BCUT2D eigenvalue weighted by Crippen LogP contribution is 2.19. The molecule has 0 saturated carbocycles. The molecule has 1 aliphatic heterocycles. The number of nitrogens with zero attached hydrogens (tertiary/aromatic N) is 1. The zero-order chi connectivity index (χ0) is 10.7. The first-order chi connectivity index (χ1) is 7.29. The highest BCUT2D eigenvalue weighted by Gasteiger charge is 2.23. The smallest absolute Gasteiger partial charge is 0.123 e. The van der Waals surface area contributed by atoms with Crippen molar-refractivity contribution in [3.05, 3.63) is 35.6 Å². The molecule has 1 aromatic rings. The summed E-state index contributed by atoms with van der Waals surface area (Å²) in [5.41, 5.74) is 1.11. The number of aliphatic hydroxyl groups excluding tert-OH is 1. The summed E-state index contributed by atoms with van der Waals surface area (Å²) in [7, 11) is 0. The third-order valence-corrected chi connectivity index (χ3v) is 3.01. The first-order valence-corrected chi connectivity index (χ1v) is 5.39. The number of likely N-dealkylation sites (tertiary alicyclic amines) is 1. The summed E-state index contributed by atoms with van der Waals surface area (Å²) >= 11 is 0.